The fourth-order valence-corrected chi connectivity index (χ4v) is 1.74. The summed E-state index contributed by atoms with van der Waals surface area (Å²) in [6, 6.07) is 4.07. The Morgan fingerprint density at radius 2 is 2.28 bits per heavy atom. The summed E-state index contributed by atoms with van der Waals surface area (Å²) < 4.78 is 17.8. The second-order valence-corrected chi connectivity index (χ2v) is 4.24. The summed E-state index contributed by atoms with van der Waals surface area (Å²) in [5.74, 6) is -1.34. The number of halogens is 2. The quantitative estimate of drug-likeness (QED) is 0.827. The minimum Gasteiger partial charge on any atom is -0.480 e. The van der Waals surface area contributed by atoms with E-state index in [2.05, 4.69) is 0 Å². The molecule has 0 heterocycles. The van der Waals surface area contributed by atoms with Crippen molar-refractivity contribution in [2.75, 3.05) is 26.8 Å². The van der Waals surface area contributed by atoms with Gasteiger partial charge in [0.15, 0.2) is 0 Å². The van der Waals surface area contributed by atoms with Gasteiger partial charge in [-0.3, -0.25) is 9.69 Å². The molecule has 6 heteroatoms. The van der Waals surface area contributed by atoms with E-state index in [4.69, 9.17) is 21.4 Å². The van der Waals surface area contributed by atoms with Crippen LogP contribution in [0.25, 0.3) is 0 Å². The highest BCUT2D eigenvalue weighted by molar-refractivity contribution is 6.31. The molecule has 0 saturated heterocycles. The fourth-order valence-electron chi connectivity index (χ4n) is 1.52. The molecule has 0 unspecified atom stereocenters. The molecule has 0 fully saturated rings. The summed E-state index contributed by atoms with van der Waals surface area (Å²) in [5, 5.41) is 9.09. The van der Waals surface area contributed by atoms with Crippen LogP contribution in [0.5, 0.6) is 0 Å². The molecule has 0 spiro atoms. The van der Waals surface area contributed by atoms with Crippen molar-refractivity contribution in [2.45, 2.75) is 6.54 Å². The van der Waals surface area contributed by atoms with E-state index in [1.807, 2.05) is 0 Å². The molecule has 0 bridgehead atoms. The van der Waals surface area contributed by atoms with Crippen molar-refractivity contribution in [1.29, 1.82) is 0 Å². The summed E-state index contributed by atoms with van der Waals surface area (Å²) in [6.45, 7) is 1.12. The number of hydrogen-bond donors (Lipinski definition) is 1. The van der Waals surface area contributed by atoms with E-state index in [0.29, 0.717) is 30.3 Å². The molecule has 0 radical (unpaired) electrons. The van der Waals surface area contributed by atoms with Gasteiger partial charge in [0.1, 0.15) is 5.82 Å². The first-order valence-corrected chi connectivity index (χ1v) is 5.77. The maximum absolute atomic E-state index is 12.9. The van der Waals surface area contributed by atoms with Gasteiger partial charge in [-0.2, -0.15) is 0 Å². The van der Waals surface area contributed by atoms with E-state index >= 15 is 0 Å². The van der Waals surface area contributed by atoms with E-state index in [1.165, 1.54) is 12.1 Å². The van der Waals surface area contributed by atoms with Gasteiger partial charge >= 0.3 is 5.97 Å². The van der Waals surface area contributed by atoms with E-state index in [1.54, 1.807) is 18.1 Å². The third-order valence-electron chi connectivity index (χ3n) is 2.38. The number of hydrogen-bond acceptors (Lipinski definition) is 3. The predicted molar refractivity (Wildman–Crippen MR) is 66.2 cm³/mol. The van der Waals surface area contributed by atoms with Crippen molar-refractivity contribution >= 4 is 17.6 Å². The SMILES string of the molecule is COCCN(CC(=O)O)Cc1ccc(F)cc1Cl. The maximum atomic E-state index is 12.9. The largest absolute Gasteiger partial charge is 0.480 e. The molecule has 18 heavy (non-hydrogen) atoms. The standard InChI is InChI=1S/C12H15ClFNO3/c1-18-5-4-15(8-12(16)17)7-9-2-3-10(14)6-11(9)13/h2-3,6H,4-5,7-8H2,1H3,(H,16,17). The summed E-state index contributed by atoms with van der Waals surface area (Å²) in [6.07, 6.45) is 0. The Kier molecular flexibility index (Phi) is 6.04. The van der Waals surface area contributed by atoms with Crippen LogP contribution in [-0.4, -0.2) is 42.8 Å². The lowest BCUT2D eigenvalue weighted by molar-refractivity contribution is -0.138. The smallest absolute Gasteiger partial charge is 0.317 e. The van der Waals surface area contributed by atoms with Gasteiger partial charge < -0.3 is 9.84 Å². The number of carboxylic acids is 1. The zero-order chi connectivity index (χ0) is 13.5. The van der Waals surface area contributed by atoms with Crippen LogP contribution < -0.4 is 0 Å². The van der Waals surface area contributed by atoms with Crippen molar-refractivity contribution in [3.8, 4) is 0 Å². The van der Waals surface area contributed by atoms with Crippen molar-refractivity contribution in [2.24, 2.45) is 0 Å². The molecule has 0 atom stereocenters. The van der Waals surface area contributed by atoms with Gasteiger partial charge in [-0.05, 0) is 17.7 Å². The van der Waals surface area contributed by atoms with Gasteiger partial charge in [-0.15, -0.1) is 0 Å². The maximum Gasteiger partial charge on any atom is 0.317 e. The molecule has 1 rings (SSSR count). The first-order valence-electron chi connectivity index (χ1n) is 5.40. The van der Waals surface area contributed by atoms with E-state index in [-0.39, 0.29) is 6.54 Å². The Labute approximate surface area is 110 Å². The molecular weight excluding hydrogens is 261 g/mol. The molecule has 0 saturated carbocycles. The van der Waals surface area contributed by atoms with Crippen molar-refractivity contribution in [3.05, 3.63) is 34.6 Å². The zero-order valence-corrected chi connectivity index (χ0v) is 10.8. The van der Waals surface area contributed by atoms with Crippen LogP contribution in [0.1, 0.15) is 5.56 Å². The number of aliphatic carboxylic acids is 1. The first kappa shape index (κ1) is 14.9. The third-order valence-corrected chi connectivity index (χ3v) is 2.73. The molecule has 1 N–H and O–H groups in total. The number of nitrogens with zero attached hydrogens (tertiary/aromatic N) is 1. The van der Waals surface area contributed by atoms with Crippen LogP contribution in [-0.2, 0) is 16.1 Å². The zero-order valence-electron chi connectivity index (χ0n) is 10.0. The first-order chi connectivity index (χ1) is 8.52. The Morgan fingerprint density at radius 3 is 2.83 bits per heavy atom. The number of carboxylic acid groups (broad SMARTS) is 1. The van der Waals surface area contributed by atoms with Crippen LogP contribution in [0.2, 0.25) is 5.02 Å². The Bertz CT molecular complexity index is 414. The topological polar surface area (TPSA) is 49.8 Å². The summed E-state index contributed by atoms with van der Waals surface area (Å²) >= 11 is 5.90. The normalized spacial score (nSPS) is 10.9. The Balaban J connectivity index is 2.71. The van der Waals surface area contributed by atoms with Gasteiger partial charge in [-0.1, -0.05) is 17.7 Å². The number of methoxy groups -OCH3 is 1. The molecule has 1 aromatic rings. The minimum absolute atomic E-state index is 0.114. The molecule has 1 aromatic carbocycles. The number of benzene rings is 1. The number of carbonyl (C=O) groups is 1. The number of rotatable bonds is 7. The highest BCUT2D eigenvalue weighted by Gasteiger charge is 2.12. The van der Waals surface area contributed by atoms with Crippen LogP contribution >= 0.6 is 11.6 Å². The van der Waals surface area contributed by atoms with Gasteiger partial charge in [0.2, 0.25) is 0 Å². The van der Waals surface area contributed by atoms with Crippen LogP contribution in [0.15, 0.2) is 18.2 Å². The highest BCUT2D eigenvalue weighted by atomic mass is 35.5. The fraction of sp³-hybridized carbons (Fsp3) is 0.417. The lowest BCUT2D eigenvalue weighted by Crippen LogP contribution is -2.32. The monoisotopic (exact) mass is 275 g/mol. The highest BCUT2D eigenvalue weighted by Crippen LogP contribution is 2.18. The Hall–Kier alpha value is -1.17. The molecule has 0 aliphatic heterocycles. The van der Waals surface area contributed by atoms with Gasteiger partial charge in [0, 0.05) is 25.2 Å². The number of ether oxygens (including phenoxy) is 1. The average molecular weight is 276 g/mol. The van der Waals surface area contributed by atoms with Gasteiger partial charge in [-0.25, -0.2) is 4.39 Å². The molecule has 0 aliphatic rings. The van der Waals surface area contributed by atoms with Gasteiger partial charge in [0.25, 0.3) is 0 Å². The molecule has 4 nitrogen and oxygen atoms in total. The third kappa shape index (κ3) is 5.00. The van der Waals surface area contributed by atoms with Crippen LogP contribution in [0.3, 0.4) is 0 Å². The van der Waals surface area contributed by atoms with Crippen molar-refractivity contribution < 1.29 is 19.0 Å². The molecular formula is C12H15ClFNO3. The van der Waals surface area contributed by atoms with Crippen LogP contribution in [0.4, 0.5) is 4.39 Å². The van der Waals surface area contributed by atoms with E-state index in [0.717, 1.165) is 0 Å². The lowest BCUT2D eigenvalue weighted by Gasteiger charge is -2.20. The second-order valence-electron chi connectivity index (χ2n) is 3.83. The summed E-state index contributed by atoms with van der Waals surface area (Å²) in [7, 11) is 1.55. The van der Waals surface area contributed by atoms with Crippen molar-refractivity contribution in [1.82, 2.24) is 4.90 Å². The van der Waals surface area contributed by atoms with E-state index in [9.17, 15) is 9.18 Å². The summed E-state index contributed by atoms with van der Waals surface area (Å²) in [5.41, 5.74) is 0.690. The van der Waals surface area contributed by atoms with Gasteiger partial charge in [0.05, 0.1) is 13.2 Å². The second kappa shape index (κ2) is 7.31. The molecule has 100 valence electrons. The molecule has 0 aliphatic carbocycles. The van der Waals surface area contributed by atoms with Crippen LogP contribution in [0, 0.1) is 5.82 Å². The molecule has 0 aromatic heterocycles. The molecule has 0 amide bonds. The minimum atomic E-state index is -0.927. The van der Waals surface area contributed by atoms with E-state index < -0.39 is 11.8 Å². The average Bonchev–Trinajstić information content (AvgIpc) is 2.29. The lowest BCUT2D eigenvalue weighted by atomic mass is 10.2. The predicted octanol–water partition coefficient (Wildman–Crippen LogP) is 2.01. The Morgan fingerprint density at radius 1 is 1.56 bits per heavy atom. The summed E-state index contributed by atoms with van der Waals surface area (Å²) in [4.78, 5) is 12.4. The van der Waals surface area contributed by atoms with Crippen molar-refractivity contribution in [3.63, 3.8) is 0 Å².